The van der Waals surface area contributed by atoms with Crippen molar-refractivity contribution in [2.45, 2.75) is 12.6 Å². The molecule has 0 fully saturated rings. The minimum Gasteiger partial charge on any atom is -0.378 e. The fourth-order valence-corrected chi connectivity index (χ4v) is 3.55. The second-order valence-corrected chi connectivity index (χ2v) is 7.28. The van der Waals surface area contributed by atoms with Crippen LogP contribution in [0, 0.1) is 0 Å². The molecule has 1 aromatic heterocycles. The highest BCUT2D eigenvalue weighted by atomic mass is 35.5. The van der Waals surface area contributed by atoms with E-state index in [0.717, 1.165) is 41.1 Å². The quantitative estimate of drug-likeness (QED) is 0.645. The molecule has 1 N–H and O–H groups in total. The number of aromatic nitrogens is 2. The molecule has 0 unspecified atom stereocenters. The van der Waals surface area contributed by atoms with Crippen molar-refractivity contribution in [3.05, 3.63) is 58.6 Å². The van der Waals surface area contributed by atoms with Crippen LogP contribution in [-0.2, 0) is 12.6 Å². The van der Waals surface area contributed by atoms with Crippen LogP contribution in [0.3, 0.4) is 0 Å². The Kier molecular flexibility index (Phi) is 4.50. The Balaban J connectivity index is 1.84. The molecule has 4 rings (SSSR count). The number of nitrogens with zero attached hydrogens (tertiary/aromatic N) is 3. The second kappa shape index (κ2) is 6.74. The summed E-state index contributed by atoms with van der Waals surface area (Å²) in [4.78, 5) is 2.00. The summed E-state index contributed by atoms with van der Waals surface area (Å²) in [5, 5.41) is 8.05. The highest BCUT2D eigenvalue weighted by molar-refractivity contribution is 6.32. The first-order chi connectivity index (χ1) is 13.3. The van der Waals surface area contributed by atoms with Gasteiger partial charge in [0.15, 0.2) is 0 Å². The number of alkyl halides is 3. The number of nitrogens with one attached hydrogen (secondary N) is 1. The normalized spacial score (nSPS) is 13.4. The Morgan fingerprint density at radius 2 is 1.82 bits per heavy atom. The number of hydrogen-bond acceptors (Lipinski definition) is 3. The number of rotatable bonds is 3. The van der Waals surface area contributed by atoms with Gasteiger partial charge < -0.3 is 10.2 Å². The van der Waals surface area contributed by atoms with E-state index in [9.17, 15) is 13.2 Å². The first-order valence-corrected chi connectivity index (χ1v) is 9.14. The Labute approximate surface area is 165 Å². The number of halogens is 4. The van der Waals surface area contributed by atoms with Crippen molar-refractivity contribution in [3.8, 4) is 16.9 Å². The van der Waals surface area contributed by atoms with E-state index in [2.05, 4.69) is 10.4 Å². The third kappa shape index (κ3) is 3.20. The van der Waals surface area contributed by atoms with Crippen molar-refractivity contribution in [2.24, 2.45) is 0 Å². The van der Waals surface area contributed by atoms with Gasteiger partial charge in [-0.2, -0.15) is 18.3 Å². The average Bonchev–Trinajstić information content (AvgIpc) is 3.24. The lowest BCUT2D eigenvalue weighted by Gasteiger charge is -2.13. The molecule has 28 heavy (non-hydrogen) atoms. The SMILES string of the molecule is CN(C)c1ccc(-c2nn(-c3cc(C(F)(F)F)ccc3Cl)c3c2CCN3)cc1. The van der Waals surface area contributed by atoms with Crippen molar-refractivity contribution >= 4 is 23.1 Å². The minimum atomic E-state index is -4.45. The largest absolute Gasteiger partial charge is 0.416 e. The van der Waals surface area contributed by atoms with E-state index in [4.69, 9.17) is 11.6 Å². The summed E-state index contributed by atoms with van der Waals surface area (Å²) in [5.74, 6) is 0.688. The fraction of sp³-hybridized carbons (Fsp3) is 0.250. The number of hydrogen-bond donors (Lipinski definition) is 1. The van der Waals surface area contributed by atoms with E-state index in [1.165, 1.54) is 10.7 Å². The summed E-state index contributed by atoms with van der Waals surface area (Å²) < 4.78 is 41.0. The third-order valence-corrected chi connectivity index (χ3v) is 5.13. The van der Waals surface area contributed by atoms with E-state index in [1.807, 2.05) is 43.3 Å². The van der Waals surface area contributed by atoms with Crippen LogP contribution < -0.4 is 10.2 Å². The van der Waals surface area contributed by atoms with Gasteiger partial charge in [-0.3, -0.25) is 0 Å². The standard InChI is InChI=1S/C20H18ClF3N4/c1-27(2)14-6-3-12(4-7-14)18-15-9-10-25-19(15)28(26-18)17-11-13(20(22,23)24)5-8-16(17)21/h3-8,11,25H,9-10H2,1-2H3. The number of anilines is 2. The lowest BCUT2D eigenvalue weighted by atomic mass is 10.1. The molecule has 0 radical (unpaired) electrons. The van der Waals surface area contributed by atoms with Crippen molar-refractivity contribution in [1.29, 1.82) is 0 Å². The zero-order valence-electron chi connectivity index (χ0n) is 15.3. The molecular weight excluding hydrogens is 389 g/mol. The van der Waals surface area contributed by atoms with Crippen molar-refractivity contribution < 1.29 is 13.2 Å². The molecule has 1 aliphatic heterocycles. The molecule has 1 aliphatic rings. The van der Waals surface area contributed by atoms with Crippen LogP contribution in [0.2, 0.25) is 5.02 Å². The van der Waals surface area contributed by atoms with Crippen LogP contribution in [0.4, 0.5) is 24.7 Å². The molecule has 8 heteroatoms. The first-order valence-electron chi connectivity index (χ1n) is 8.76. The van der Waals surface area contributed by atoms with Crippen LogP contribution in [0.25, 0.3) is 16.9 Å². The summed E-state index contributed by atoms with van der Waals surface area (Å²) >= 11 is 6.23. The molecule has 2 heterocycles. The van der Waals surface area contributed by atoms with Gasteiger partial charge in [-0.05, 0) is 36.8 Å². The van der Waals surface area contributed by atoms with Gasteiger partial charge in [0, 0.05) is 37.5 Å². The van der Waals surface area contributed by atoms with E-state index < -0.39 is 11.7 Å². The minimum absolute atomic E-state index is 0.207. The van der Waals surface area contributed by atoms with Crippen LogP contribution in [-0.4, -0.2) is 30.4 Å². The predicted molar refractivity (Wildman–Crippen MR) is 106 cm³/mol. The van der Waals surface area contributed by atoms with Gasteiger partial charge in [-0.25, -0.2) is 4.68 Å². The van der Waals surface area contributed by atoms with E-state index >= 15 is 0 Å². The fourth-order valence-electron chi connectivity index (χ4n) is 3.35. The van der Waals surface area contributed by atoms with Crippen LogP contribution in [0.5, 0.6) is 0 Å². The second-order valence-electron chi connectivity index (χ2n) is 6.87. The highest BCUT2D eigenvalue weighted by Gasteiger charge is 2.32. The molecule has 2 aromatic carbocycles. The van der Waals surface area contributed by atoms with Gasteiger partial charge >= 0.3 is 6.18 Å². The molecular formula is C20H18ClF3N4. The smallest absolute Gasteiger partial charge is 0.378 e. The monoisotopic (exact) mass is 406 g/mol. The zero-order valence-corrected chi connectivity index (χ0v) is 16.1. The van der Waals surface area contributed by atoms with Crippen molar-refractivity contribution in [1.82, 2.24) is 9.78 Å². The van der Waals surface area contributed by atoms with Gasteiger partial charge in [0.1, 0.15) is 5.82 Å². The van der Waals surface area contributed by atoms with Crippen molar-refractivity contribution in [2.75, 3.05) is 30.9 Å². The van der Waals surface area contributed by atoms with E-state index in [-0.39, 0.29) is 10.7 Å². The number of benzene rings is 2. The number of fused-ring (bicyclic) bond motifs is 1. The molecule has 4 nitrogen and oxygen atoms in total. The van der Waals surface area contributed by atoms with Gasteiger partial charge in [-0.1, -0.05) is 23.7 Å². The van der Waals surface area contributed by atoms with E-state index in [1.54, 1.807) is 0 Å². The Bertz CT molecular complexity index is 1020. The molecule has 0 atom stereocenters. The van der Waals surface area contributed by atoms with Gasteiger partial charge in [0.2, 0.25) is 0 Å². The van der Waals surface area contributed by atoms with Crippen LogP contribution >= 0.6 is 11.6 Å². The van der Waals surface area contributed by atoms with Crippen molar-refractivity contribution in [3.63, 3.8) is 0 Å². The lowest BCUT2D eigenvalue weighted by Crippen LogP contribution is -2.09. The average molecular weight is 407 g/mol. The molecule has 0 saturated carbocycles. The highest BCUT2D eigenvalue weighted by Crippen LogP contribution is 2.38. The molecule has 0 aliphatic carbocycles. The van der Waals surface area contributed by atoms with Crippen LogP contribution in [0.15, 0.2) is 42.5 Å². The summed E-state index contributed by atoms with van der Waals surface area (Å²) in [6.07, 6.45) is -3.70. The molecule has 0 spiro atoms. The maximum atomic E-state index is 13.2. The summed E-state index contributed by atoms with van der Waals surface area (Å²) in [5.41, 5.74) is 3.14. The Morgan fingerprint density at radius 1 is 1.11 bits per heavy atom. The summed E-state index contributed by atoms with van der Waals surface area (Å²) in [6.45, 7) is 0.701. The van der Waals surface area contributed by atoms with Gasteiger partial charge in [-0.15, -0.1) is 0 Å². The van der Waals surface area contributed by atoms with Gasteiger partial charge in [0.25, 0.3) is 0 Å². The Hall–Kier alpha value is -2.67. The molecule has 146 valence electrons. The maximum absolute atomic E-state index is 13.2. The summed E-state index contributed by atoms with van der Waals surface area (Å²) in [6, 6.07) is 11.2. The first kappa shape index (κ1) is 18.7. The zero-order chi connectivity index (χ0) is 20.1. The molecule has 3 aromatic rings. The topological polar surface area (TPSA) is 33.1 Å². The molecule has 0 amide bonds. The van der Waals surface area contributed by atoms with E-state index in [0.29, 0.717) is 12.4 Å². The van der Waals surface area contributed by atoms with Crippen LogP contribution in [0.1, 0.15) is 11.1 Å². The van der Waals surface area contributed by atoms with Gasteiger partial charge in [0.05, 0.1) is 22.0 Å². The Morgan fingerprint density at radius 3 is 2.46 bits per heavy atom. The predicted octanol–water partition coefficient (Wildman–Crippen LogP) is 5.25. The maximum Gasteiger partial charge on any atom is 0.416 e. The molecule has 0 bridgehead atoms. The molecule has 0 saturated heterocycles. The third-order valence-electron chi connectivity index (χ3n) is 4.81. The lowest BCUT2D eigenvalue weighted by molar-refractivity contribution is -0.137. The summed E-state index contributed by atoms with van der Waals surface area (Å²) in [7, 11) is 3.92.